The minimum absolute atomic E-state index is 0.000680. The summed E-state index contributed by atoms with van der Waals surface area (Å²) in [6.45, 7) is 6.87. The Kier molecular flexibility index (Phi) is 3.78. The average Bonchev–Trinajstić information content (AvgIpc) is 2.29. The summed E-state index contributed by atoms with van der Waals surface area (Å²) in [6.07, 6.45) is 6.69. The third-order valence-corrected chi connectivity index (χ3v) is 5.70. The SMILES string of the molecule is CC1(C)CCC[C@@]2(C)[C@H](CC(=O)O)C(CO)=CC[C@H]12. The highest BCUT2D eigenvalue weighted by Gasteiger charge is 2.52. The van der Waals surface area contributed by atoms with Gasteiger partial charge in [-0.2, -0.15) is 0 Å². The molecule has 108 valence electrons. The Morgan fingerprint density at radius 3 is 2.63 bits per heavy atom. The fourth-order valence-electron chi connectivity index (χ4n) is 4.72. The fraction of sp³-hybridized carbons (Fsp3) is 0.812. The van der Waals surface area contributed by atoms with Gasteiger partial charge in [-0.1, -0.05) is 33.3 Å². The van der Waals surface area contributed by atoms with Gasteiger partial charge in [-0.05, 0) is 47.5 Å². The zero-order chi connectivity index (χ0) is 14.3. The molecule has 3 heteroatoms. The van der Waals surface area contributed by atoms with Crippen molar-refractivity contribution < 1.29 is 15.0 Å². The standard InChI is InChI=1S/C16H26O3/c1-15(2)7-4-8-16(3)12(9-14(18)19)11(10-17)5-6-13(15)16/h5,12-13,17H,4,6-10H2,1-3H3,(H,18,19)/t12-,13-,16+/m1/s1. The van der Waals surface area contributed by atoms with Crippen molar-refractivity contribution in [2.45, 2.75) is 52.9 Å². The first-order chi connectivity index (χ1) is 8.81. The Labute approximate surface area is 115 Å². The molecule has 2 aliphatic carbocycles. The highest BCUT2D eigenvalue weighted by Crippen LogP contribution is 2.60. The molecule has 0 aromatic heterocycles. The highest BCUT2D eigenvalue weighted by molar-refractivity contribution is 5.68. The maximum Gasteiger partial charge on any atom is 0.303 e. The molecule has 0 saturated heterocycles. The van der Waals surface area contributed by atoms with Gasteiger partial charge >= 0.3 is 5.97 Å². The van der Waals surface area contributed by atoms with Gasteiger partial charge in [0.2, 0.25) is 0 Å². The van der Waals surface area contributed by atoms with Crippen LogP contribution >= 0.6 is 0 Å². The van der Waals surface area contributed by atoms with E-state index in [0.29, 0.717) is 5.92 Å². The third-order valence-electron chi connectivity index (χ3n) is 5.70. The molecule has 3 nitrogen and oxygen atoms in total. The number of aliphatic hydroxyl groups excluding tert-OH is 1. The van der Waals surface area contributed by atoms with Gasteiger partial charge in [0.15, 0.2) is 0 Å². The third kappa shape index (κ3) is 2.45. The van der Waals surface area contributed by atoms with Gasteiger partial charge in [0.1, 0.15) is 0 Å². The van der Waals surface area contributed by atoms with E-state index in [2.05, 4.69) is 26.8 Å². The summed E-state index contributed by atoms with van der Waals surface area (Å²) in [7, 11) is 0. The molecule has 3 atom stereocenters. The van der Waals surface area contributed by atoms with E-state index in [0.717, 1.165) is 24.8 Å². The lowest BCUT2D eigenvalue weighted by Gasteiger charge is -2.56. The van der Waals surface area contributed by atoms with Crippen LogP contribution in [0, 0.1) is 22.7 Å². The van der Waals surface area contributed by atoms with E-state index < -0.39 is 5.97 Å². The number of hydrogen-bond donors (Lipinski definition) is 2. The number of aliphatic hydroxyl groups is 1. The van der Waals surface area contributed by atoms with E-state index in [1.54, 1.807) is 0 Å². The van der Waals surface area contributed by atoms with Gasteiger partial charge < -0.3 is 10.2 Å². The first kappa shape index (κ1) is 14.6. The largest absolute Gasteiger partial charge is 0.481 e. The molecule has 2 N–H and O–H groups in total. The van der Waals surface area contributed by atoms with E-state index in [9.17, 15) is 15.0 Å². The molecule has 0 aromatic carbocycles. The van der Waals surface area contributed by atoms with Gasteiger partial charge in [-0.15, -0.1) is 0 Å². The normalized spacial score (nSPS) is 37.4. The first-order valence-electron chi connectivity index (χ1n) is 7.33. The Morgan fingerprint density at radius 2 is 2.05 bits per heavy atom. The summed E-state index contributed by atoms with van der Waals surface area (Å²) in [5.74, 6) is -0.240. The number of fused-ring (bicyclic) bond motifs is 1. The number of aliphatic carboxylic acids is 1. The predicted octanol–water partition coefficient (Wildman–Crippen LogP) is 3.23. The Hall–Kier alpha value is -0.830. The average molecular weight is 266 g/mol. The van der Waals surface area contributed by atoms with Gasteiger partial charge in [0.05, 0.1) is 13.0 Å². The van der Waals surface area contributed by atoms with Crippen LogP contribution in [0.15, 0.2) is 11.6 Å². The molecule has 0 heterocycles. The van der Waals surface area contributed by atoms with Crippen molar-refractivity contribution >= 4 is 5.97 Å². The van der Waals surface area contributed by atoms with Crippen LogP contribution in [0.3, 0.4) is 0 Å². The van der Waals surface area contributed by atoms with Gasteiger partial charge in [0, 0.05) is 0 Å². The molecule has 0 spiro atoms. The number of allylic oxidation sites excluding steroid dienone is 1. The second-order valence-electron chi connectivity index (χ2n) is 7.22. The molecule has 2 aliphatic rings. The van der Waals surface area contributed by atoms with Crippen molar-refractivity contribution in [2.75, 3.05) is 6.61 Å². The summed E-state index contributed by atoms with van der Waals surface area (Å²) < 4.78 is 0. The lowest BCUT2D eigenvalue weighted by Crippen LogP contribution is -2.49. The van der Waals surface area contributed by atoms with Crippen molar-refractivity contribution in [2.24, 2.45) is 22.7 Å². The molecule has 0 radical (unpaired) electrons. The quantitative estimate of drug-likeness (QED) is 0.771. The lowest BCUT2D eigenvalue weighted by molar-refractivity contribution is -0.141. The Morgan fingerprint density at radius 1 is 1.37 bits per heavy atom. The summed E-state index contributed by atoms with van der Waals surface area (Å²) in [6, 6.07) is 0. The molecule has 1 fully saturated rings. The van der Waals surface area contributed by atoms with Crippen molar-refractivity contribution in [3.05, 3.63) is 11.6 Å². The van der Waals surface area contributed by atoms with Crippen molar-refractivity contribution in [1.82, 2.24) is 0 Å². The second-order valence-corrected chi connectivity index (χ2v) is 7.22. The maximum absolute atomic E-state index is 11.2. The highest BCUT2D eigenvalue weighted by atomic mass is 16.4. The zero-order valence-electron chi connectivity index (χ0n) is 12.3. The van der Waals surface area contributed by atoms with E-state index in [1.165, 1.54) is 6.42 Å². The Bertz CT molecular complexity index is 397. The van der Waals surface area contributed by atoms with Crippen LogP contribution in [-0.4, -0.2) is 22.8 Å². The number of hydrogen-bond acceptors (Lipinski definition) is 2. The minimum atomic E-state index is -0.755. The lowest BCUT2D eigenvalue weighted by atomic mass is 9.48. The molecule has 0 unspecified atom stereocenters. The van der Waals surface area contributed by atoms with Crippen LogP contribution < -0.4 is 0 Å². The van der Waals surface area contributed by atoms with Gasteiger partial charge in [0.25, 0.3) is 0 Å². The summed E-state index contributed by atoms with van der Waals surface area (Å²) in [5.41, 5.74) is 1.23. The number of carbonyl (C=O) groups is 1. The molecular formula is C16H26O3. The van der Waals surface area contributed by atoms with Crippen LogP contribution in [0.4, 0.5) is 0 Å². The number of carboxylic acid groups (broad SMARTS) is 1. The van der Waals surface area contributed by atoms with E-state index in [1.807, 2.05) is 0 Å². The van der Waals surface area contributed by atoms with Gasteiger partial charge in [-0.3, -0.25) is 4.79 Å². The molecule has 19 heavy (non-hydrogen) atoms. The van der Waals surface area contributed by atoms with Crippen LogP contribution in [-0.2, 0) is 4.79 Å². The Balaban J connectivity index is 2.39. The van der Waals surface area contributed by atoms with Crippen molar-refractivity contribution in [3.63, 3.8) is 0 Å². The first-order valence-corrected chi connectivity index (χ1v) is 7.33. The van der Waals surface area contributed by atoms with Crippen LogP contribution in [0.1, 0.15) is 52.9 Å². The van der Waals surface area contributed by atoms with E-state index in [-0.39, 0.29) is 29.8 Å². The number of carboxylic acids is 1. The molecule has 1 saturated carbocycles. The van der Waals surface area contributed by atoms with E-state index in [4.69, 9.17) is 0 Å². The summed E-state index contributed by atoms with van der Waals surface area (Å²) >= 11 is 0. The minimum Gasteiger partial charge on any atom is -0.481 e. The van der Waals surface area contributed by atoms with Crippen LogP contribution in [0.25, 0.3) is 0 Å². The van der Waals surface area contributed by atoms with Crippen molar-refractivity contribution in [1.29, 1.82) is 0 Å². The van der Waals surface area contributed by atoms with Crippen LogP contribution in [0.2, 0.25) is 0 Å². The summed E-state index contributed by atoms with van der Waals surface area (Å²) in [5, 5.41) is 18.8. The molecule has 2 rings (SSSR count). The molecule has 0 bridgehead atoms. The molecule has 0 amide bonds. The smallest absolute Gasteiger partial charge is 0.303 e. The predicted molar refractivity (Wildman–Crippen MR) is 74.8 cm³/mol. The summed E-state index contributed by atoms with van der Waals surface area (Å²) in [4.78, 5) is 11.2. The topological polar surface area (TPSA) is 57.5 Å². The fourth-order valence-corrected chi connectivity index (χ4v) is 4.72. The second kappa shape index (κ2) is 4.93. The van der Waals surface area contributed by atoms with Crippen molar-refractivity contribution in [3.8, 4) is 0 Å². The number of rotatable bonds is 3. The van der Waals surface area contributed by atoms with E-state index >= 15 is 0 Å². The molecular weight excluding hydrogens is 240 g/mol. The monoisotopic (exact) mass is 266 g/mol. The zero-order valence-corrected chi connectivity index (χ0v) is 12.3. The maximum atomic E-state index is 11.2. The van der Waals surface area contributed by atoms with Crippen LogP contribution in [0.5, 0.6) is 0 Å². The molecule has 0 aliphatic heterocycles. The van der Waals surface area contributed by atoms with Gasteiger partial charge in [-0.25, -0.2) is 0 Å². The molecule has 0 aromatic rings.